The SMILES string of the molecule is COCc1cc(C)nc(NN=Cc2cc([N+](=O)[O-])cc(Br)c2O)c1C#N. The Kier molecular flexibility index (Phi) is 6.21. The zero-order chi connectivity index (χ0) is 19.3. The van der Waals surface area contributed by atoms with Crippen molar-refractivity contribution in [2.45, 2.75) is 13.5 Å². The van der Waals surface area contributed by atoms with Gasteiger partial charge in [0.25, 0.3) is 5.69 Å². The summed E-state index contributed by atoms with van der Waals surface area (Å²) in [6, 6.07) is 6.15. The van der Waals surface area contributed by atoms with Crippen molar-refractivity contribution in [3.8, 4) is 11.8 Å². The molecular weight excluding hydrogens is 406 g/mol. The zero-order valence-corrected chi connectivity index (χ0v) is 15.4. The molecule has 2 aromatic rings. The maximum absolute atomic E-state index is 10.9. The van der Waals surface area contributed by atoms with Gasteiger partial charge in [-0.3, -0.25) is 15.5 Å². The van der Waals surface area contributed by atoms with E-state index < -0.39 is 4.92 Å². The largest absolute Gasteiger partial charge is 0.506 e. The van der Waals surface area contributed by atoms with E-state index in [0.29, 0.717) is 11.3 Å². The van der Waals surface area contributed by atoms with Gasteiger partial charge in [0.1, 0.15) is 17.4 Å². The smallest absolute Gasteiger partial charge is 0.271 e. The monoisotopic (exact) mass is 419 g/mol. The number of benzene rings is 1. The molecule has 0 bridgehead atoms. The number of aryl methyl sites for hydroxylation is 1. The average Bonchev–Trinajstić information content (AvgIpc) is 2.58. The molecule has 0 spiro atoms. The Morgan fingerprint density at radius 2 is 2.27 bits per heavy atom. The minimum absolute atomic E-state index is 0.127. The number of halogens is 1. The van der Waals surface area contributed by atoms with Gasteiger partial charge in [0.15, 0.2) is 5.82 Å². The Bertz CT molecular complexity index is 924. The van der Waals surface area contributed by atoms with Crippen LogP contribution in [0.4, 0.5) is 11.5 Å². The molecule has 0 amide bonds. The van der Waals surface area contributed by atoms with E-state index in [1.54, 1.807) is 13.0 Å². The predicted octanol–water partition coefficient (Wildman–Crippen LogP) is 3.23. The number of nitrogens with zero attached hydrogens (tertiary/aromatic N) is 4. The van der Waals surface area contributed by atoms with Crippen molar-refractivity contribution in [1.82, 2.24) is 4.98 Å². The number of nitriles is 1. The molecule has 0 aliphatic rings. The normalized spacial score (nSPS) is 10.7. The number of phenols is 1. The molecule has 0 unspecified atom stereocenters. The molecule has 1 heterocycles. The van der Waals surface area contributed by atoms with Crippen molar-refractivity contribution < 1.29 is 14.8 Å². The second-order valence-corrected chi connectivity index (χ2v) is 6.04. The number of nitro benzene ring substituents is 1. The summed E-state index contributed by atoms with van der Waals surface area (Å²) in [5.74, 6) is 0.0266. The van der Waals surface area contributed by atoms with Gasteiger partial charge in [0.2, 0.25) is 0 Å². The summed E-state index contributed by atoms with van der Waals surface area (Å²) < 4.78 is 5.24. The predicted molar refractivity (Wildman–Crippen MR) is 98.1 cm³/mol. The first-order chi connectivity index (χ1) is 12.4. The maximum atomic E-state index is 10.9. The summed E-state index contributed by atoms with van der Waals surface area (Å²) in [5, 5.41) is 34.2. The van der Waals surface area contributed by atoms with Crippen molar-refractivity contribution in [3.05, 3.63) is 55.2 Å². The van der Waals surface area contributed by atoms with E-state index in [1.165, 1.54) is 25.5 Å². The number of aromatic nitrogens is 1. The topological polar surface area (TPSA) is 134 Å². The third-order valence-corrected chi connectivity index (χ3v) is 3.91. The summed E-state index contributed by atoms with van der Waals surface area (Å²) >= 11 is 3.06. The van der Waals surface area contributed by atoms with Gasteiger partial charge in [0.05, 0.1) is 22.2 Å². The van der Waals surface area contributed by atoms with Crippen molar-refractivity contribution in [1.29, 1.82) is 5.26 Å². The number of hydrazone groups is 1. The number of phenolic OH excluding ortho intramolecular Hbond substituents is 1. The summed E-state index contributed by atoms with van der Waals surface area (Å²) in [6.07, 6.45) is 1.20. The number of rotatable bonds is 6. The molecular formula is C16H14BrN5O4. The molecule has 0 saturated heterocycles. The highest BCUT2D eigenvalue weighted by Crippen LogP contribution is 2.31. The molecule has 26 heavy (non-hydrogen) atoms. The molecule has 1 aromatic carbocycles. The molecule has 2 N–H and O–H groups in total. The van der Waals surface area contributed by atoms with Crippen LogP contribution >= 0.6 is 15.9 Å². The Labute approximate surface area is 157 Å². The molecule has 134 valence electrons. The highest BCUT2D eigenvalue weighted by Gasteiger charge is 2.14. The summed E-state index contributed by atoms with van der Waals surface area (Å²) in [7, 11) is 1.52. The standard InChI is InChI=1S/C16H14BrN5O4/c1-9-3-11(8-26-2)13(6-18)16(20-9)21-19-7-10-4-12(22(24)25)5-14(17)15(10)23/h3-5,7,23H,8H2,1-2H3,(H,20,21). The van der Waals surface area contributed by atoms with Crippen LogP contribution < -0.4 is 5.43 Å². The fourth-order valence-corrected chi connectivity index (χ4v) is 2.65. The van der Waals surface area contributed by atoms with E-state index in [-0.39, 0.29) is 39.5 Å². The van der Waals surface area contributed by atoms with Crippen LogP contribution in [0.5, 0.6) is 5.75 Å². The first-order valence-electron chi connectivity index (χ1n) is 7.23. The number of aromatic hydroxyl groups is 1. The first-order valence-corrected chi connectivity index (χ1v) is 8.02. The second-order valence-electron chi connectivity index (χ2n) is 5.18. The average molecular weight is 420 g/mol. The number of hydrogen-bond acceptors (Lipinski definition) is 8. The molecule has 9 nitrogen and oxygen atoms in total. The number of methoxy groups -OCH3 is 1. The number of non-ortho nitro benzene ring substituents is 1. The van der Waals surface area contributed by atoms with Crippen molar-refractivity contribution in [2.75, 3.05) is 12.5 Å². The van der Waals surface area contributed by atoms with Crippen LogP contribution in [0.1, 0.15) is 22.4 Å². The van der Waals surface area contributed by atoms with Crippen molar-refractivity contribution in [2.24, 2.45) is 5.10 Å². The number of nitrogens with one attached hydrogen (secondary N) is 1. The number of hydrogen-bond donors (Lipinski definition) is 2. The van der Waals surface area contributed by atoms with Crippen LogP contribution in [-0.4, -0.2) is 28.3 Å². The van der Waals surface area contributed by atoms with Gasteiger partial charge in [-0.05, 0) is 28.9 Å². The van der Waals surface area contributed by atoms with E-state index in [0.717, 1.165) is 0 Å². The quantitative estimate of drug-likeness (QED) is 0.416. The van der Waals surface area contributed by atoms with E-state index in [1.807, 2.05) is 6.07 Å². The van der Waals surface area contributed by atoms with Crippen LogP contribution in [0.25, 0.3) is 0 Å². The molecule has 1 aromatic heterocycles. The molecule has 10 heteroatoms. The maximum Gasteiger partial charge on any atom is 0.271 e. The second kappa shape index (κ2) is 8.37. The molecule has 0 atom stereocenters. The third kappa shape index (κ3) is 4.33. The van der Waals surface area contributed by atoms with Gasteiger partial charge in [-0.25, -0.2) is 4.98 Å². The van der Waals surface area contributed by atoms with E-state index >= 15 is 0 Å². The minimum atomic E-state index is -0.581. The lowest BCUT2D eigenvalue weighted by molar-refractivity contribution is -0.385. The lowest BCUT2D eigenvalue weighted by atomic mass is 10.1. The number of pyridine rings is 1. The Hall–Kier alpha value is -3.03. The summed E-state index contributed by atoms with van der Waals surface area (Å²) in [5.41, 5.74) is 4.15. The first kappa shape index (κ1) is 19.3. The van der Waals surface area contributed by atoms with Gasteiger partial charge in [-0.15, -0.1) is 0 Å². The van der Waals surface area contributed by atoms with E-state index in [9.17, 15) is 20.5 Å². The van der Waals surface area contributed by atoms with Crippen LogP contribution in [0.15, 0.2) is 27.8 Å². The van der Waals surface area contributed by atoms with Gasteiger partial charge < -0.3 is 9.84 Å². The van der Waals surface area contributed by atoms with Gasteiger partial charge in [-0.2, -0.15) is 10.4 Å². The molecule has 0 radical (unpaired) electrons. The van der Waals surface area contributed by atoms with Crippen LogP contribution in [0.3, 0.4) is 0 Å². The Morgan fingerprint density at radius 3 is 2.88 bits per heavy atom. The van der Waals surface area contributed by atoms with Gasteiger partial charge in [-0.1, -0.05) is 0 Å². The number of ether oxygens (including phenoxy) is 1. The Balaban J connectivity index is 2.35. The minimum Gasteiger partial charge on any atom is -0.506 e. The van der Waals surface area contributed by atoms with Crippen LogP contribution in [0.2, 0.25) is 0 Å². The van der Waals surface area contributed by atoms with Crippen LogP contribution in [0, 0.1) is 28.4 Å². The van der Waals surface area contributed by atoms with Crippen molar-refractivity contribution in [3.63, 3.8) is 0 Å². The third-order valence-electron chi connectivity index (χ3n) is 3.30. The van der Waals surface area contributed by atoms with E-state index in [4.69, 9.17) is 4.74 Å². The summed E-state index contributed by atoms with van der Waals surface area (Å²) in [6.45, 7) is 2.00. The summed E-state index contributed by atoms with van der Waals surface area (Å²) in [4.78, 5) is 14.6. The fraction of sp³-hybridized carbons (Fsp3) is 0.188. The van der Waals surface area contributed by atoms with Gasteiger partial charge in [0, 0.05) is 36.1 Å². The molecule has 0 fully saturated rings. The number of anilines is 1. The lowest BCUT2D eigenvalue weighted by Crippen LogP contribution is -2.03. The molecule has 2 rings (SSSR count). The zero-order valence-electron chi connectivity index (χ0n) is 13.9. The highest BCUT2D eigenvalue weighted by molar-refractivity contribution is 9.10. The lowest BCUT2D eigenvalue weighted by Gasteiger charge is -2.09. The molecule has 0 aliphatic carbocycles. The highest BCUT2D eigenvalue weighted by atomic mass is 79.9. The van der Waals surface area contributed by atoms with Crippen molar-refractivity contribution >= 4 is 33.6 Å². The van der Waals surface area contributed by atoms with E-state index in [2.05, 4.69) is 31.4 Å². The number of nitro groups is 1. The Morgan fingerprint density at radius 1 is 1.54 bits per heavy atom. The molecule has 0 saturated carbocycles. The van der Waals surface area contributed by atoms with Crippen LogP contribution in [-0.2, 0) is 11.3 Å². The molecule has 0 aliphatic heterocycles. The fourth-order valence-electron chi connectivity index (χ4n) is 2.19. The van der Waals surface area contributed by atoms with Gasteiger partial charge >= 0.3 is 0 Å².